The van der Waals surface area contributed by atoms with E-state index in [-0.39, 0.29) is 23.0 Å². The second kappa shape index (κ2) is 6.46. The van der Waals surface area contributed by atoms with Crippen molar-refractivity contribution in [2.24, 2.45) is 0 Å². The maximum absolute atomic E-state index is 12.8. The second-order valence-electron chi connectivity index (χ2n) is 5.27. The van der Waals surface area contributed by atoms with E-state index in [0.29, 0.717) is 35.2 Å². The highest BCUT2D eigenvalue weighted by atomic mass is 79.9. The van der Waals surface area contributed by atoms with Crippen LogP contribution >= 0.6 is 15.9 Å². The molecule has 2 aromatic rings. The summed E-state index contributed by atoms with van der Waals surface area (Å²) in [7, 11) is 0. The number of alkyl halides is 1. The van der Waals surface area contributed by atoms with Gasteiger partial charge in [0.2, 0.25) is 5.91 Å². The van der Waals surface area contributed by atoms with E-state index in [0.717, 1.165) is 5.33 Å². The summed E-state index contributed by atoms with van der Waals surface area (Å²) in [6.45, 7) is 0. The molecule has 0 atom stereocenters. The van der Waals surface area contributed by atoms with Crippen LogP contribution in [0.4, 0.5) is 5.69 Å². The molecule has 3 rings (SSSR count). The first-order chi connectivity index (χ1) is 11.1. The van der Waals surface area contributed by atoms with Crippen LogP contribution in [0, 0.1) is 0 Å². The average molecular weight is 372 g/mol. The highest BCUT2D eigenvalue weighted by Gasteiger charge is 2.31. The number of hydrogen-bond donors (Lipinski definition) is 1. The third-order valence-electron chi connectivity index (χ3n) is 3.76. The molecule has 116 valence electrons. The minimum absolute atomic E-state index is 0.169. The Kier molecular flexibility index (Phi) is 4.39. The van der Waals surface area contributed by atoms with Crippen LogP contribution < -0.4 is 5.32 Å². The number of halogens is 1. The van der Waals surface area contributed by atoms with Crippen LogP contribution in [-0.2, 0) is 4.79 Å². The van der Waals surface area contributed by atoms with E-state index in [1.165, 1.54) is 0 Å². The number of fused-ring (bicyclic) bond motifs is 2. The maximum Gasteiger partial charge on any atom is 0.224 e. The molecule has 5 heteroatoms. The van der Waals surface area contributed by atoms with E-state index in [2.05, 4.69) is 21.2 Å². The fraction of sp³-hybridized carbons (Fsp3) is 0.167. The molecule has 1 amide bonds. The Bertz CT molecular complexity index is 814. The Morgan fingerprint density at radius 1 is 0.913 bits per heavy atom. The van der Waals surface area contributed by atoms with Crippen LogP contribution in [0.5, 0.6) is 0 Å². The SMILES string of the molecule is O=C(CCCBr)Nc1cccc2c1C(=O)c1ccccc1C2=O. The van der Waals surface area contributed by atoms with E-state index in [1.807, 2.05) is 0 Å². The summed E-state index contributed by atoms with van der Waals surface area (Å²) in [5, 5.41) is 3.49. The molecular formula is C18H14BrNO3. The van der Waals surface area contributed by atoms with Crippen molar-refractivity contribution in [3.63, 3.8) is 0 Å². The van der Waals surface area contributed by atoms with E-state index >= 15 is 0 Å². The van der Waals surface area contributed by atoms with Gasteiger partial charge in [-0.05, 0) is 12.5 Å². The fourth-order valence-corrected chi connectivity index (χ4v) is 2.97. The van der Waals surface area contributed by atoms with E-state index in [9.17, 15) is 14.4 Å². The third-order valence-corrected chi connectivity index (χ3v) is 4.32. The molecule has 0 aromatic heterocycles. The lowest BCUT2D eigenvalue weighted by Gasteiger charge is -2.20. The van der Waals surface area contributed by atoms with Crippen LogP contribution in [0.15, 0.2) is 42.5 Å². The summed E-state index contributed by atoms with van der Waals surface area (Å²) in [6, 6.07) is 11.7. The van der Waals surface area contributed by atoms with Gasteiger partial charge in [-0.2, -0.15) is 0 Å². The smallest absolute Gasteiger partial charge is 0.224 e. The van der Waals surface area contributed by atoms with Crippen molar-refractivity contribution in [1.82, 2.24) is 0 Å². The summed E-state index contributed by atoms with van der Waals surface area (Å²) in [4.78, 5) is 37.3. The topological polar surface area (TPSA) is 63.2 Å². The summed E-state index contributed by atoms with van der Waals surface area (Å²) in [6.07, 6.45) is 1.06. The van der Waals surface area contributed by atoms with Crippen molar-refractivity contribution in [2.45, 2.75) is 12.8 Å². The Hall–Kier alpha value is -2.27. The molecule has 0 saturated carbocycles. The van der Waals surface area contributed by atoms with E-state index in [4.69, 9.17) is 0 Å². The van der Waals surface area contributed by atoms with Crippen molar-refractivity contribution in [3.05, 3.63) is 64.7 Å². The quantitative estimate of drug-likeness (QED) is 0.713. The first kappa shape index (κ1) is 15.6. The number of rotatable bonds is 4. The van der Waals surface area contributed by atoms with E-state index in [1.54, 1.807) is 42.5 Å². The van der Waals surface area contributed by atoms with Gasteiger partial charge in [0.1, 0.15) is 0 Å². The molecule has 23 heavy (non-hydrogen) atoms. The van der Waals surface area contributed by atoms with Crippen molar-refractivity contribution in [1.29, 1.82) is 0 Å². The Morgan fingerprint density at radius 3 is 2.26 bits per heavy atom. The zero-order valence-electron chi connectivity index (χ0n) is 12.3. The van der Waals surface area contributed by atoms with Crippen LogP contribution in [0.1, 0.15) is 44.7 Å². The van der Waals surface area contributed by atoms with Gasteiger partial charge in [-0.25, -0.2) is 0 Å². The zero-order chi connectivity index (χ0) is 16.4. The van der Waals surface area contributed by atoms with Gasteiger partial charge in [0, 0.05) is 28.4 Å². The number of nitrogens with one attached hydrogen (secondary N) is 1. The van der Waals surface area contributed by atoms with E-state index < -0.39 is 0 Å². The lowest BCUT2D eigenvalue weighted by molar-refractivity contribution is -0.116. The van der Waals surface area contributed by atoms with Gasteiger partial charge in [0.15, 0.2) is 11.6 Å². The summed E-state index contributed by atoms with van der Waals surface area (Å²) in [5.41, 5.74) is 1.81. The molecule has 1 aliphatic carbocycles. The molecule has 0 heterocycles. The van der Waals surface area contributed by atoms with Crippen molar-refractivity contribution in [2.75, 3.05) is 10.6 Å². The molecule has 4 nitrogen and oxygen atoms in total. The summed E-state index contributed by atoms with van der Waals surface area (Å²) in [5.74, 6) is -0.588. The molecular weight excluding hydrogens is 358 g/mol. The van der Waals surface area contributed by atoms with Crippen LogP contribution in [0.25, 0.3) is 0 Å². The number of amides is 1. The monoisotopic (exact) mass is 371 g/mol. The molecule has 0 bridgehead atoms. The van der Waals surface area contributed by atoms with Crippen LogP contribution in [0.2, 0.25) is 0 Å². The molecule has 0 spiro atoms. The van der Waals surface area contributed by atoms with Gasteiger partial charge in [-0.3, -0.25) is 14.4 Å². The lowest BCUT2D eigenvalue weighted by Crippen LogP contribution is -2.23. The van der Waals surface area contributed by atoms with Gasteiger partial charge in [-0.1, -0.05) is 52.3 Å². The molecule has 0 aliphatic heterocycles. The van der Waals surface area contributed by atoms with Gasteiger partial charge >= 0.3 is 0 Å². The van der Waals surface area contributed by atoms with Gasteiger partial charge in [-0.15, -0.1) is 0 Å². The maximum atomic E-state index is 12.8. The summed E-state index contributed by atoms with van der Waals surface area (Å²) < 4.78 is 0. The first-order valence-electron chi connectivity index (χ1n) is 7.30. The predicted molar refractivity (Wildman–Crippen MR) is 91.4 cm³/mol. The highest BCUT2D eigenvalue weighted by molar-refractivity contribution is 9.09. The number of hydrogen-bond acceptors (Lipinski definition) is 3. The summed E-state index contributed by atoms with van der Waals surface area (Å²) >= 11 is 3.28. The van der Waals surface area contributed by atoms with Crippen molar-refractivity contribution < 1.29 is 14.4 Å². The van der Waals surface area contributed by atoms with Gasteiger partial charge < -0.3 is 5.32 Å². The Morgan fingerprint density at radius 2 is 1.57 bits per heavy atom. The minimum Gasteiger partial charge on any atom is -0.325 e. The molecule has 1 N–H and O–H groups in total. The minimum atomic E-state index is -0.230. The normalized spacial score (nSPS) is 12.6. The van der Waals surface area contributed by atoms with Crippen molar-refractivity contribution in [3.8, 4) is 0 Å². The number of ketones is 2. The molecule has 1 aliphatic rings. The van der Waals surface area contributed by atoms with Crippen molar-refractivity contribution >= 4 is 39.1 Å². The lowest BCUT2D eigenvalue weighted by atomic mass is 9.83. The molecule has 0 saturated heterocycles. The number of carbonyl (C=O) groups excluding carboxylic acids is 3. The van der Waals surface area contributed by atoms with Crippen LogP contribution in [-0.4, -0.2) is 22.8 Å². The average Bonchev–Trinajstić information content (AvgIpc) is 2.57. The number of benzene rings is 2. The largest absolute Gasteiger partial charge is 0.325 e. The standard InChI is InChI=1S/C18H14BrNO3/c19-10-4-9-15(21)20-14-8-3-7-13-16(14)18(23)12-6-2-1-5-11(12)17(13)22/h1-3,5-8H,4,9-10H2,(H,20,21). The van der Waals surface area contributed by atoms with Gasteiger partial charge in [0.25, 0.3) is 0 Å². The van der Waals surface area contributed by atoms with Crippen LogP contribution in [0.3, 0.4) is 0 Å². The fourth-order valence-electron chi connectivity index (χ4n) is 2.69. The predicted octanol–water partition coefficient (Wildman–Crippen LogP) is 3.58. The molecule has 2 aromatic carbocycles. The zero-order valence-corrected chi connectivity index (χ0v) is 13.9. The number of anilines is 1. The molecule has 0 fully saturated rings. The Balaban J connectivity index is 2.02. The Labute approximate surface area is 142 Å². The molecule has 0 unspecified atom stereocenters. The first-order valence-corrected chi connectivity index (χ1v) is 8.43. The number of carbonyl (C=O) groups is 3. The second-order valence-corrected chi connectivity index (χ2v) is 6.07. The highest BCUT2D eigenvalue weighted by Crippen LogP contribution is 2.31. The molecule has 0 radical (unpaired) electrons. The van der Waals surface area contributed by atoms with Gasteiger partial charge in [0.05, 0.1) is 11.3 Å². The third kappa shape index (κ3) is 2.84.